The van der Waals surface area contributed by atoms with Crippen LogP contribution >= 0.6 is 0 Å². The molecule has 0 saturated heterocycles. The lowest BCUT2D eigenvalue weighted by Gasteiger charge is -2.28. The van der Waals surface area contributed by atoms with Gasteiger partial charge in [-0.2, -0.15) is 0 Å². The molecule has 0 aromatic carbocycles. The van der Waals surface area contributed by atoms with Crippen LogP contribution in [-0.2, 0) is 6.42 Å². The molecule has 0 atom stereocenters. The smallest absolute Gasteiger partial charge is 0.180 e. The van der Waals surface area contributed by atoms with Gasteiger partial charge in [0.1, 0.15) is 5.69 Å². The molecule has 0 aliphatic heterocycles. The van der Waals surface area contributed by atoms with Crippen molar-refractivity contribution in [2.75, 3.05) is 0 Å². The summed E-state index contributed by atoms with van der Waals surface area (Å²) in [7, 11) is 0. The highest BCUT2D eigenvalue weighted by Crippen LogP contribution is 2.41. The Balaban J connectivity index is 1.80. The summed E-state index contributed by atoms with van der Waals surface area (Å²) in [6, 6.07) is 4.24. The zero-order valence-electron chi connectivity index (χ0n) is 14.9. The number of nitrogens with zero attached hydrogens (tertiary/aromatic N) is 5. The first-order valence-corrected chi connectivity index (χ1v) is 9.16. The molecule has 2 radical (unpaired) electrons. The van der Waals surface area contributed by atoms with E-state index in [1.165, 1.54) is 5.56 Å². The predicted octanol–water partition coefficient (Wildman–Crippen LogP) is 3.15. The van der Waals surface area contributed by atoms with Gasteiger partial charge in [0, 0.05) is 30.2 Å². The third kappa shape index (κ3) is 3.10. The topological polar surface area (TPSA) is 107 Å². The molecule has 1 aliphatic rings. The first-order chi connectivity index (χ1) is 12.7. The van der Waals surface area contributed by atoms with Crippen LogP contribution in [0.1, 0.15) is 49.7 Å². The zero-order valence-corrected chi connectivity index (χ0v) is 14.9. The van der Waals surface area contributed by atoms with E-state index in [9.17, 15) is 0 Å². The standard InChI is InChI=1S/C19H23N7/c1-2-12-7-8-22-15(11-12)24-17-16(13-3-5-14(20)6-4-13)18(21)25-26-10-9-23-19(17)26/h7-11,13-14,21H,2-6,20H2,1H3/t13-,14-. The fourth-order valence-electron chi connectivity index (χ4n) is 3.70. The van der Waals surface area contributed by atoms with Crippen molar-refractivity contribution in [1.82, 2.24) is 30.6 Å². The second-order valence-electron chi connectivity index (χ2n) is 6.91. The molecule has 7 heteroatoms. The van der Waals surface area contributed by atoms with E-state index in [1.807, 2.05) is 12.1 Å². The fourth-order valence-corrected chi connectivity index (χ4v) is 3.70. The van der Waals surface area contributed by atoms with Gasteiger partial charge in [0.15, 0.2) is 17.3 Å². The Kier molecular flexibility index (Phi) is 4.46. The maximum absolute atomic E-state index is 8.49. The number of fused-ring (bicyclic) bond motifs is 1. The zero-order chi connectivity index (χ0) is 18.1. The Bertz CT molecular complexity index is 909. The number of rotatable bonds is 4. The normalized spacial score (nSPS) is 20.4. The molecular weight excluding hydrogens is 326 g/mol. The van der Waals surface area contributed by atoms with Gasteiger partial charge >= 0.3 is 0 Å². The molecule has 1 fully saturated rings. The molecule has 0 bridgehead atoms. The first kappa shape index (κ1) is 16.8. The van der Waals surface area contributed by atoms with E-state index in [1.54, 1.807) is 23.1 Å². The van der Waals surface area contributed by atoms with Crippen molar-refractivity contribution in [3.63, 3.8) is 0 Å². The summed E-state index contributed by atoms with van der Waals surface area (Å²) in [5.41, 5.74) is 18.0. The average Bonchev–Trinajstić information content (AvgIpc) is 3.11. The Morgan fingerprint density at radius 3 is 2.81 bits per heavy atom. The molecule has 26 heavy (non-hydrogen) atoms. The summed E-state index contributed by atoms with van der Waals surface area (Å²) in [5, 5.41) is 9.19. The summed E-state index contributed by atoms with van der Waals surface area (Å²) >= 11 is 0. The molecule has 0 spiro atoms. The van der Waals surface area contributed by atoms with Crippen LogP contribution in [0.5, 0.6) is 0 Å². The fraction of sp³-hybridized carbons (Fsp3) is 0.421. The number of pyridine rings is 1. The van der Waals surface area contributed by atoms with Gasteiger partial charge in [0.05, 0.1) is 0 Å². The number of imidazole rings is 1. The minimum absolute atomic E-state index is 0.240. The summed E-state index contributed by atoms with van der Waals surface area (Å²) < 4.78 is 1.63. The first-order valence-electron chi connectivity index (χ1n) is 9.16. The minimum atomic E-state index is 0.240. The van der Waals surface area contributed by atoms with Crippen molar-refractivity contribution in [3.05, 3.63) is 41.9 Å². The Morgan fingerprint density at radius 1 is 1.23 bits per heavy atom. The van der Waals surface area contributed by atoms with Crippen LogP contribution in [0.4, 0.5) is 17.3 Å². The second-order valence-corrected chi connectivity index (χ2v) is 6.91. The lowest BCUT2D eigenvalue weighted by molar-refractivity contribution is 0.395. The molecule has 1 aliphatic carbocycles. The van der Waals surface area contributed by atoms with Crippen LogP contribution in [0, 0.1) is 0 Å². The number of aromatic nitrogens is 4. The average molecular weight is 349 g/mol. The van der Waals surface area contributed by atoms with Crippen molar-refractivity contribution in [1.29, 1.82) is 0 Å². The highest BCUT2D eigenvalue weighted by atomic mass is 15.3. The summed E-state index contributed by atoms with van der Waals surface area (Å²) in [5.74, 6) is 1.15. The molecule has 0 unspecified atom stereocenters. The minimum Gasteiger partial charge on any atom is -0.328 e. The van der Waals surface area contributed by atoms with Crippen LogP contribution < -0.4 is 16.8 Å². The SMILES string of the molecule is CCc1ccnc([N]c2c3nccn3nc([NH])c2[C@H]2CC[C@H](N)CC2)c1. The maximum Gasteiger partial charge on any atom is 0.180 e. The largest absolute Gasteiger partial charge is 0.328 e. The molecule has 134 valence electrons. The number of hydrogen-bond donors (Lipinski definition) is 1. The number of hydrogen-bond acceptors (Lipinski definition) is 4. The molecule has 3 N–H and O–H groups in total. The van der Waals surface area contributed by atoms with E-state index in [4.69, 9.17) is 16.8 Å². The molecule has 3 aromatic heterocycles. The number of nitrogens with one attached hydrogen (secondary N) is 1. The maximum atomic E-state index is 8.49. The van der Waals surface area contributed by atoms with E-state index < -0.39 is 0 Å². The lowest BCUT2D eigenvalue weighted by atomic mass is 9.81. The van der Waals surface area contributed by atoms with E-state index in [0.29, 0.717) is 11.5 Å². The van der Waals surface area contributed by atoms with Crippen LogP contribution in [0.15, 0.2) is 30.7 Å². The predicted molar refractivity (Wildman–Crippen MR) is 100.0 cm³/mol. The highest BCUT2D eigenvalue weighted by Gasteiger charge is 2.28. The third-order valence-corrected chi connectivity index (χ3v) is 5.18. The Labute approximate surface area is 152 Å². The van der Waals surface area contributed by atoms with E-state index in [-0.39, 0.29) is 17.8 Å². The summed E-state index contributed by atoms with van der Waals surface area (Å²) in [6.07, 6.45) is 9.99. The van der Waals surface area contributed by atoms with Crippen LogP contribution in [0.2, 0.25) is 0 Å². The lowest BCUT2D eigenvalue weighted by Crippen LogP contribution is -2.26. The van der Waals surface area contributed by atoms with Crippen molar-refractivity contribution < 1.29 is 0 Å². The molecule has 4 rings (SSSR count). The summed E-state index contributed by atoms with van der Waals surface area (Å²) in [6.45, 7) is 2.11. The molecule has 3 heterocycles. The van der Waals surface area contributed by atoms with Gasteiger partial charge in [-0.25, -0.2) is 19.8 Å². The molecule has 1 saturated carbocycles. The van der Waals surface area contributed by atoms with Crippen molar-refractivity contribution in [2.45, 2.75) is 51.0 Å². The van der Waals surface area contributed by atoms with Gasteiger partial charge in [0.2, 0.25) is 0 Å². The van der Waals surface area contributed by atoms with Gasteiger partial charge in [-0.3, -0.25) is 5.73 Å². The van der Waals surface area contributed by atoms with E-state index >= 15 is 0 Å². The monoisotopic (exact) mass is 349 g/mol. The van der Waals surface area contributed by atoms with Crippen LogP contribution in [0.25, 0.3) is 5.65 Å². The molecule has 3 aromatic rings. The number of aryl methyl sites for hydroxylation is 1. The quantitative estimate of drug-likeness (QED) is 0.780. The van der Waals surface area contributed by atoms with Gasteiger partial charge in [-0.1, -0.05) is 6.92 Å². The highest BCUT2D eigenvalue weighted by molar-refractivity contribution is 5.74. The van der Waals surface area contributed by atoms with E-state index in [2.05, 4.69) is 22.0 Å². The van der Waals surface area contributed by atoms with Gasteiger partial charge in [0.25, 0.3) is 0 Å². The van der Waals surface area contributed by atoms with Crippen LogP contribution in [0.3, 0.4) is 0 Å². The Morgan fingerprint density at radius 2 is 2.04 bits per heavy atom. The van der Waals surface area contributed by atoms with Gasteiger partial charge < -0.3 is 5.73 Å². The van der Waals surface area contributed by atoms with Crippen molar-refractivity contribution in [3.8, 4) is 0 Å². The molecular formula is C19H23N7. The van der Waals surface area contributed by atoms with Crippen LogP contribution in [-0.4, -0.2) is 25.6 Å². The molecule has 7 nitrogen and oxygen atoms in total. The van der Waals surface area contributed by atoms with Gasteiger partial charge in [-0.05, 0) is 55.7 Å². The van der Waals surface area contributed by atoms with Crippen molar-refractivity contribution in [2.24, 2.45) is 5.73 Å². The van der Waals surface area contributed by atoms with E-state index in [0.717, 1.165) is 43.4 Å². The van der Waals surface area contributed by atoms with Crippen molar-refractivity contribution >= 4 is 23.0 Å². The Hall–Kier alpha value is -2.67. The number of nitrogens with two attached hydrogens (primary N) is 1. The third-order valence-electron chi connectivity index (χ3n) is 5.18. The summed E-state index contributed by atoms with van der Waals surface area (Å²) in [4.78, 5) is 8.84. The van der Waals surface area contributed by atoms with Gasteiger partial charge in [-0.15, -0.1) is 5.10 Å². The second kappa shape index (κ2) is 6.92. The molecule has 0 amide bonds.